The minimum Gasteiger partial charge on any atom is -0.462 e. The fraction of sp³-hybridized carbons (Fsp3) is 0.304. The van der Waals surface area contributed by atoms with Crippen LogP contribution in [0.25, 0.3) is 17.0 Å². The number of carbonyl (C=O) groups is 1. The van der Waals surface area contributed by atoms with Crippen molar-refractivity contribution in [3.8, 4) is 6.07 Å². The molecule has 1 aromatic carbocycles. The minimum atomic E-state index is -0.387. The van der Waals surface area contributed by atoms with Crippen LogP contribution in [0.5, 0.6) is 0 Å². The fourth-order valence-corrected chi connectivity index (χ4v) is 3.10. The summed E-state index contributed by atoms with van der Waals surface area (Å²) in [6.07, 6.45) is 6.08. The number of hydrogen-bond acceptors (Lipinski definition) is 3. The minimum absolute atomic E-state index is 0.0448. The number of rotatable bonds is 8. The Labute approximate surface area is 165 Å². The third-order valence-corrected chi connectivity index (χ3v) is 4.94. The van der Waals surface area contributed by atoms with Gasteiger partial charge in [-0.25, -0.2) is 0 Å². The van der Waals surface area contributed by atoms with Gasteiger partial charge in [-0.3, -0.25) is 4.79 Å². The zero-order valence-corrected chi connectivity index (χ0v) is 16.3. The highest BCUT2D eigenvalue weighted by Crippen LogP contribution is 2.18. The quantitative estimate of drug-likeness (QED) is 0.445. The molecule has 5 heteroatoms. The van der Waals surface area contributed by atoms with Crippen LogP contribution in [0.1, 0.15) is 37.4 Å². The molecule has 0 bridgehead atoms. The van der Waals surface area contributed by atoms with E-state index in [-0.39, 0.29) is 11.5 Å². The summed E-state index contributed by atoms with van der Waals surface area (Å²) in [5, 5.41) is 13.3. The SMILES string of the molecule is CCC(C)Cc1ccc(/C=C(\C#N)C(=O)NCCc2c[nH]c3ccccc23)o1. The second-order valence-corrected chi connectivity index (χ2v) is 7.06. The topological polar surface area (TPSA) is 81.8 Å². The molecular formula is C23H25N3O2. The number of benzene rings is 1. The van der Waals surface area contributed by atoms with Crippen LogP contribution in [0.15, 0.2) is 52.6 Å². The lowest BCUT2D eigenvalue weighted by Gasteiger charge is -2.04. The molecule has 0 aliphatic rings. The number of aromatic nitrogens is 1. The van der Waals surface area contributed by atoms with Crippen molar-refractivity contribution in [2.75, 3.05) is 6.54 Å². The molecule has 3 rings (SSSR count). The second-order valence-electron chi connectivity index (χ2n) is 7.06. The summed E-state index contributed by atoms with van der Waals surface area (Å²) < 4.78 is 5.74. The van der Waals surface area contributed by atoms with E-state index in [1.807, 2.05) is 36.5 Å². The number of nitrogens with zero attached hydrogens (tertiary/aromatic N) is 1. The van der Waals surface area contributed by atoms with Gasteiger partial charge < -0.3 is 14.7 Å². The number of aromatic amines is 1. The molecule has 1 amide bonds. The van der Waals surface area contributed by atoms with Crippen LogP contribution in [0.2, 0.25) is 0 Å². The Balaban J connectivity index is 1.59. The molecule has 2 heterocycles. The summed E-state index contributed by atoms with van der Waals surface area (Å²) in [6.45, 7) is 4.76. The van der Waals surface area contributed by atoms with Crippen molar-refractivity contribution in [1.82, 2.24) is 10.3 Å². The van der Waals surface area contributed by atoms with E-state index in [0.29, 0.717) is 24.6 Å². The second kappa shape index (κ2) is 9.09. The van der Waals surface area contributed by atoms with Gasteiger partial charge in [0, 0.05) is 36.1 Å². The number of para-hydroxylation sites is 1. The molecule has 0 aliphatic heterocycles. The number of furan rings is 1. The Morgan fingerprint density at radius 2 is 2.14 bits per heavy atom. The number of amides is 1. The first-order chi connectivity index (χ1) is 13.6. The van der Waals surface area contributed by atoms with Crippen molar-refractivity contribution < 1.29 is 9.21 Å². The standard InChI is InChI=1S/C23H25N3O2/c1-3-16(2)12-19-8-9-20(28-19)13-18(14-24)23(27)25-11-10-17-15-26-22-7-5-4-6-21(17)22/h4-9,13,15-16,26H,3,10-12H2,1-2H3,(H,25,27)/b18-13+. The van der Waals surface area contributed by atoms with Gasteiger partial charge in [0.2, 0.25) is 0 Å². The first-order valence-corrected chi connectivity index (χ1v) is 9.64. The van der Waals surface area contributed by atoms with Gasteiger partial charge in [-0.05, 0) is 36.1 Å². The maximum atomic E-state index is 12.4. The third-order valence-electron chi connectivity index (χ3n) is 4.94. The highest BCUT2D eigenvalue weighted by atomic mass is 16.3. The average molecular weight is 375 g/mol. The van der Waals surface area contributed by atoms with Crippen LogP contribution in [0, 0.1) is 17.2 Å². The lowest BCUT2D eigenvalue weighted by molar-refractivity contribution is -0.117. The maximum absolute atomic E-state index is 12.4. The molecule has 0 spiro atoms. The zero-order chi connectivity index (χ0) is 19.9. The Bertz CT molecular complexity index is 1020. The predicted molar refractivity (Wildman–Crippen MR) is 110 cm³/mol. The van der Waals surface area contributed by atoms with E-state index < -0.39 is 0 Å². The molecular weight excluding hydrogens is 350 g/mol. The van der Waals surface area contributed by atoms with E-state index >= 15 is 0 Å². The predicted octanol–water partition coefficient (Wildman–Crippen LogP) is 4.62. The van der Waals surface area contributed by atoms with Crippen molar-refractivity contribution in [2.24, 2.45) is 5.92 Å². The Kier molecular flexibility index (Phi) is 6.33. The van der Waals surface area contributed by atoms with Crippen LogP contribution in [0.3, 0.4) is 0 Å². The number of nitriles is 1. The summed E-state index contributed by atoms with van der Waals surface area (Å²) in [5.41, 5.74) is 2.26. The molecule has 28 heavy (non-hydrogen) atoms. The van der Waals surface area contributed by atoms with Gasteiger partial charge in [-0.15, -0.1) is 0 Å². The normalized spacial score (nSPS) is 12.7. The van der Waals surface area contributed by atoms with Crippen LogP contribution < -0.4 is 5.32 Å². The lowest BCUT2D eigenvalue weighted by Crippen LogP contribution is -2.26. The molecule has 1 unspecified atom stereocenters. The zero-order valence-electron chi connectivity index (χ0n) is 16.3. The molecule has 2 N–H and O–H groups in total. The molecule has 0 aliphatic carbocycles. The van der Waals surface area contributed by atoms with Gasteiger partial charge >= 0.3 is 0 Å². The van der Waals surface area contributed by atoms with Crippen LogP contribution >= 0.6 is 0 Å². The maximum Gasteiger partial charge on any atom is 0.262 e. The van der Waals surface area contributed by atoms with E-state index in [1.165, 1.54) is 6.08 Å². The van der Waals surface area contributed by atoms with Crippen molar-refractivity contribution in [3.05, 3.63) is 65.3 Å². The molecule has 5 nitrogen and oxygen atoms in total. The number of fused-ring (bicyclic) bond motifs is 1. The largest absolute Gasteiger partial charge is 0.462 e. The molecule has 3 aromatic rings. The van der Waals surface area contributed by atoms with Crippen LogP contribution in [-0.4, -0.2) is 17.4 Å². The van der Waals surface area contributed by atoms with E-state index in [9.17, 15) is 10.1 Å². The number of carbonyl (C=O) groups excluding carboxylic acids is 1. The molecule has 0 radical (unpaired) electrons. The molecule has 2 aromatic heterocycles. The molecule has 1 atom stereocenters. The van der Waals surface area contributed by atoms with Crippen molar-refractivity contribution in [2.45, 2.75) is 33.1 Å². The Hall–Kier alpha value is -3.26. The van der Waals surface area contributed by atoms with Gasteiger partial charge in [0.15, 0.2) is 0 Å². The molecule has 0 saturated heterocycles. The monoisotopic (exact) mass is 375 g/mol. The number of hydrogen-bond donors (Lipinski definition) is 2. The summed E-state index contributed by atoms with van der Waals surface area (Å²) >= 11 is 0. The number of nitrogens with one attached hydrogen (secondary N) is 2. The molecule has 0 fully saturated rings. The smallest absolute Gasteiger partial charge is 0.262 e. The summed E-state index contributed by atoms with van der Waals surface area (Å²) in [4.78, 5) is 15.6. The van der Waals surface area contributed by atoms with Crippen molar-refractivity contribution in [1.29, 1.82) is 5.26 Å². The van der Waals surface area contributed by atoms with Crippen LogP contribution in [-0.2, 0) is 17.6 Å². The Morgan fingerprint density at radius 3 is 2.93 bits per heavy atom. The Morgan fingerprint density at radius 1 is 1.32 bits per heavy atom. The van der Waals surface area contributed by atoms with E-state index in [4.69, 9.17) is 4.42 Å². The van der Waals surface area contributed by atoms with Gasteiger partial charge in [-0.1, -0.05) is 38.5 Å². The van der Waals surface area contributed by atoms with E-state index in [1.54, 1.807) is 6.07 Å². The fourth-order valence-electron chi connectivity index (χ4n) is 3.10. The summed E-state index contributed by atoms with van der Waals surface area (Å²) in [7, 11) is 0. The summed E-state index contributed by atoms with van der Waals surface area (Å²) in [5.74, 6) is 1.55. The lowest BCUT2D eigenvalue weighted by atomic mass is 10.0. The first kappa shape index (κ1) is 19.5. The number of H-pyrrole nitrogens is 1. The molecule has 0 saturated carbocycles. The van der Waals surface area contributed by atoms with Crippen molar-refractivity contribution in [3.63, 3.8) is 0 Å². The van der Waals surface area contributed by atoms with E-state index in [0.717, 1.165) is 35.1 Å². The highest BCUT2D eigenvalue weighted by Gasteiger charge is 2.12. The van der Waals surface area contributed by atoms with Gasteiger partial charge in [0.25, 0.3) is 5.91 Å². The van der Waals surface area contributed by atoms with Crippen LogP contribution in [0.4, 0.5) is 0 Å². The van der Waals surface area contributed by atoms with Gasteiger partial charge in [0.05, 0.1) is 0 Å². The highest BCUT2D eigenvalue weighted by molar-refractivity contribution is 6.01. The summed E-state index contributed by atoms with van der Waals surface area (Å²) in [6, 6.07) is 13.7. The van der Waals surface area contributed by atoms with Crippen molar-refractivity contribution >= 4 is 22.9 Å². The molecule has 144 valence electrons. The average Bonchev–Trinajstić information content (AvgIpc) is 3.32. The third kappa shape index (κ3) is 4.72. The van der Waals surface area contributed by atoms with Gasteiger partial charge in [-0.2, -0.15) is 5.26 Å². The van der Waals surface area contributed by atoms with Gasteiger partial charge in [0.1, 0.15) is 23.2 Å². The van der Waals surface area contributed by atoms with E-state index in [2.05, 4.69) is 30.2 Å². The first-order valence-electron chi connectivity index (χ1n) is 9.64.